The molecule has 1 saturated heterocycles. The average molecular weight is 236 g/mol. The van der Waals surface area contributed by atoms with Gasteiger partial charge in [0.2, 0.25) is 5.91 Å². The summed E-state index contributed by atoms with van der Waals surface area (Å²) in [6.45, 7) is 4.43. The van der Waals surface area contributed by atoms with Crippen molar-refractivity contribution in [2.75, 3.05) is 20.1 Å². The summed E-state index contributed by atoms with van der Waals surface area (Å²) in [7, 11) is 2.14. The number of nitrogens with one attached hydrogen (secondary N) is 1. The highest BCUT2D eigenvalue weighted by atomic mass is 16.2. The van der Waals surface area contributed by atoms with Crippen LogP contribution in [0.4, 0.5) is 0 Å². The molecule has 3 aliphatic carbocycles. The van der Waals surface area contributed by atoms with Crippen molar-refractivity contribution in [3.05, 3.63) is 0 Å². The van der Waals surface area contributed by atoms with E-state index in [0.717, 1.165) is 25.9 Å². The Morgan fingerprint density at radius 1 is 1.29 bits per heavy atom. The molecular formula is C14H24N2O. The highest BCUT2D eigenvalue weighted by molar-refractivity contribution is 5.80. The van der Waals surface area contributed by atoms with Gasteiger partial charge in [-0.05, 0) is 57.7 Å². The summed E-state index contributed by atoms with van der Waals surface area (Å²) in [6, 6.07) is 0. The normalized spacial score (nSPS) is 41.5. The zero-order valence-corrected chi connectivity index (χ0v) is 11.1. The molecule has 96 valence electrons. The van der Waals surface area contributed by atoms with Gasteiger partial charge in [-0.2, -0.15) is 0 Å². The molecule has 1 amide bonds. The smallest absolute Gasteiger partial charge is 0.223 e. The summed E-state index contributed by atoms with van der Waals surface area (Å²) < 4.78 is 0. The fourth-order valence-electron chi connectivity index (χ4n) is 4.14. The minimum atomic E-state index is 0.233. The quantitative estimate of drug-likeness (QED) is 0.810. The van der Waals surface area contributed by atoms with Gasteiger partial charge in [0.05, 0.1) is 0 Å². The highest BCUT2D eigenvalue weighted by Crippen LogP contribution is 2.68. The van der Waals surface area contributed by atoms with E-state index in [-0.39, 0.29) is 11.5 Å². The number of hydrogen-bond acceptors (Lipinski definition) is 2. The molecular weight excluding hydrogens is 212 g/mol. The molecule has 0 spiro atoms. The molecule has 3 nitrogen and oxygen atoms in total. The predicted molar refractivity (Wildman–Crippen MR) is 67.7 cm³/mol. The lowest BCUT2D eigenvalue weighted by atomic mass is 9.38. The zero-order chi connectivity index (χ0) is 12.1. The molecule has 0 atom stereocenters. The Kier molecular flexibility index (Phi) is 2.51. The number of piperidine rings is 1. The number of carbonyl (C=O) groups is 1. The Hall–Kier alpha value is -0.570. The molecule has 0 radical (unpaired) electrons. The fourth-order valence-corrected chi connectivity index (χ4v) is 4.14. The SMILES string of the molecule is CCC12CC(NC(=O)C3CCN(C)CC3)(C1)C2. The van der Waals surface area contributed by atoms with Gasteiger partial charge in [-0.25, -0.2) is 0 Å². The number of nitrogens with zero attached hydrogens (tertiary/aromatic N) is 1. The maximum atomic E-state index is 12.2. The molecule has 1 heterocycles. The molecule has 3 saturated carbocycles. The Morgan fingerprint density at radius 2 is 1.88 bits per heavy atom. The minimum absolute atomic E-state index is 0.233. The maximum absolute atomic E-state index is 12.2. The second-order valence-electron chi connectivity index (χ2n) is 6.73. The molecule has 4 rings (SSSR count). The number of rotatable bonds is 3. The number of carbonyl (C=O) groups excluding carboxylic acids is 1. The summed E-state index contributed by atoms with van der Waals surface area (Å²) >= 11 is 0. The number of hydrogen-bond donors (Lipinski definition) is 1. The van der Waals surface area contributed by atoms with Gasteiger partial charge in [-0.15, -0.1) is 0 Å². The van der Waals surface area contributed by atoms with Gasteiger partial charge >= 0.3 is 0 Å². The van der Waals surface area contributed by atoms with Crippen molar-refractivity contribution < 1.29 is 4.79 Å². The molecule has 0 aromatic carbocycles. The third-order valence-corrected chi connectivity index (χ3v) is 5.37. The molecule has 2 bridgehead atoms. The first-order chi connectivity index (χ1) is 8.06. The van der Waals surface area contributed by atoms with Crippen LogP contribution < -0.4 is 5.32 Å². The van der Waals surface area contributed by atoms with Crippen LogP contribution in [-0.2, 0) is 4.79 Å². The topological polar surface area (TPSA) is 32.3 Å². The van der Waals surface area contributed by atoms with Crippen molar-refractivity contribution >= 4 is 5.91 Å². The summed E-state index contributed by atoms with van der Waals surface area (Å²) in [4.78, 5) is 14.5. The molecule has 1 aliphatic heterocycles. The van der Waals surface area contributed by atoms with E-state index in [0.29, 0.717) is 11.3 Å². The molecule has 0 aromatic rings. The van der Waals surface area contributed by atoms with Crippen molar-refractivity contribution in [2.45, 2.75) is 51.0 Å². The first-order valence-electron chi connectivity index (χ1n) is 7.07. The predicted octanol–water partition coefficient (Wildman–Crippen LogP) is 1.78. The van der Waals surface area contributed by atoms with Crippen LogP contribution in [0.2, 0.25) is 0 Å². The van der Waals surface area contributed by atoms with Crippen LogP contribution in [0.15, 0.2) is 0 Å². The third kappa shape index (κ3) is 1.79. The summed E-state index contributed by atoms with van der Waals surface area (Å²) in [5.41, 5.74) is 0.858. The van der Waals surface area contributed by atoms with E-state index in [1.807, 2.05) is 0 Å². The summed E-state index contributed by atoms with van der Waals surface area (Å²) in [6.07, 6.45) is 7.10. The van der Waals surface area contributed by atoms with Crippen molar-refractivity contribution in [1.82, 2.24) is 10.2 Å². The van der Waals surface area contributed by atoms with Gasteiger partial charge in [0.25, 0.3) is 0 Å². The molecule has 4 aliphatic rings. The fraction of sp³-hybridized carbons (Fsp3) is 0.929. The van der Waals surface area contributed by atoms with Crippen LogP contribution in [0, 0.1) is 11.3 Å². The van der Waals surface area contributed by atoms with Crippen LogP contribution in [-0.4, -0.2) is 36.5 Å². The van der Waals surface area contributed by atoms with Crippen LogP contribution >= 0.6 is 0 Å². The lowest BCUT2D eigenvalue weighted by molar-refractivity contribution is -0.169. The van der Waals surface area contributed by atoms with Crippen LogP contribution in [0.3, 0.4) is 0 Å². The zero-order valence-electron chi connectivity index (χ0n) is 11.1. The number of amides is 1. The van der Waals surface area contributed by atoms with E-state index in [1.165, 1.54) is 25.7 Å². The van der Waals surface area contributed by atoms with Crippen molar-refractivity contribution in [2.24, 2.45) is 11.3 Å². The third-order valence-electron chi connectivity index (χ3n) is 5.37. The molecule has 3 heteroatoms. The maximum Gasteiger partial charge on any atom is 0.223 e. The lowest BCUT2D eigenvalue weighted by Crippen LogP contribution is -2.74. The molecule has 0 aromatic heterocycles. The van der Waals surface area contributed by atoms with Crippen molar-refractivity contribution in [1.29, 1.82) is 0 Å². The summed E-state index contributed by atoms with van der Waals surface area (Å²) in [5.74, 6) is 0.611. The van der Waals surface area contributed by atoms with Crippen LogP contribution in [0.1, 0.15) is 45.4 Å². The van der Waals surface area contributed by atoms with E-state index in [2.05, 4.69) is 24.2 Å². The van der Waals surface area contributed by atoms with Crippen molar-refractivity contribution in [3.8, 4) is 0 Å². The Morgan fingerprint density at radius 3 is 2.41 bits per heavy atom. The van der Waals surface area contributed by atoms with E-state index in [1.54, 1.807) is 0 Å². The Balaban J connectivity index is 1.49. The largest absolute Gasteiger partial charge is 0.350 e. The Bertz CT molecular complexity index is 311. The van der Waals surface area contributed by atoms with Crippen molar-refractivity contribution in [3.63, 3.8) is 0 Å². The van der Waals surface area contributed by atoms with Crippen LogP contribution in [0.5, 0.6) is 0 Å². The molecule has 4 fully saturated rings. The molecule has 1 N–H and O–H groups in total. The molecule has 17 heavy (non-hydrogen) atoms. The van der Waals surface area contributed by atoms with E-state index in [4.69, 9.17) is 0 Å². The van der Waals surface area contributed by atoms with Gasteiger partial charge in [-0.1, -0.05) is 13.3 Å². The monoisotopic (exact) mass is 236 g/mol. The van der Waals surface area contributed by atoms with E-state index in [9.17, 15) is 4.79 Å². The van der Waals surface area contributed by atoms with Gasteiger partial charge in [0.15, 0.2) is 0 Å². The Labute approximate surface area is 104 Å². The van der Waals surface area contributed by atoms with E-state index >= 15 is 0 Å². The number of likely N-dealkylation sites (tertiary alicyclic amines) is 1. The van der Waals surface area contributed by atoms with E-state index < -0.39 is 0 Å². The lowest BCUT2D eigenvalue weighted by Gasteiger charge is -2.71. The van der Waals surface area contributed by atoms with Gasteiger partial charge in [0, 0.05) is 11.5 Å². The van der Waals surface area contributed by atoms with Gasteiger partial charge in [0.1, 0.15) is 0 Å². The second-order valence-corrected chi connectivity index (χ2v) is 6.73. The van der Waals surface area contributed by atoms with Gasteiger partial charge < -0.3 is 10.2 Å². The second kappa shape index (κ2) is 3.71. The minimum Gasteiger partial charge on any atom is -0.350 e. The average Bonchev–Trinajstić information content (AvgIpc) is 2.22. The molecule has 0 unspecified atom stereocenters. The van der Waals surface area contributed by atoms with Gasteiger partial charge in [-0.3, -0.25) is 4.79 Å². The standard InChI is InChI=1S/C14H24N2O/c1-3-13-8-14(9-13,10-13)15-12(17)11-4-6-16(2)7-5-11/h11H,3-10H2,1-2H3,(H,15,17). The first kappa shape index (κ1) is 11.5. The first-order valence-corrected chi connectivity index (χ1v) is 7.07. The summed E-state index contributed by atoms with van der Waals surface area (Å²) in [5, 5.41) is 3.34. The highest BCUT2D eigenvalue weighted by Gasteiger charge is 2.67. The van der Waals surface area contributed by atoms with Crippen LogP contribution in [0.25, 0.3) is 0 Å².